The second-order valence-electron chi connectivity index (χ2n) is 3.45. The molecule has 0 aliphatic carbocycles. The fourth-order valence-corrected chi connectivity index (χ4v) is 1.24. The summed E-state index contributed by atoms with van der Waals surface area (Å²) in [5.41, 5.74) is 0. The van der Waals surface area contributed by atoms with Crippen LogP contribution in [0.5, 0.6) is 5.88 Å². The number of hydrogen-bond acceptors (Lipinski definition) is 6. The maximum absolute atomic E-state index is 5.46. The second-order valence-corrected chi connectivity index (χ2v) is 3.45. The summed E-state index contributed by atoms with van der Waals surface area (Å²) in [6.07, 6.45) is 1.75. The summed E-state index contributed by atoms with van der Waals surface area (Å²) in [5, 5.41) is 3.09. The third kappa shape index (κ3) is 5.11. The monoisotopic (exact) mass is 253 g/mol. The molecule has 0 aromatic carbocycles. The highest BCUT2D eigenvalue weighted by Crippen LogP contribution is 2.14. The van der Waals surface area contributed by atoms with E-state index in [0.717, 1.165) is 0 Å². The summed E-state index contributed by atoms with van der Waals surface area (Å²) in [6.45, 7) is 5.56. The third-order valence-corrected chi connectivity index (χ3v) is 1.99. The molecule has 6 nitrogen and oxygen atoms in total. The van der Waals surface area contributed by atoms with Crippen molar-refractivity contribution in [2.24, 2.45) is 0 Å². The maximum atomic E-state index is 5.46. The van der Waals surface area contributed by atoms with Crippen LogP contribution in [0.3, 0.4) is 0 Å². The van der Waals surface area contributed by atoms with E-state index in [4.69, 9.17) is 14.2 Å². The van der Waals surface area contributed by atoms with Gasteiger partial charge < -0.3 is 19.5 Å². The van der Waals surface area contributed by atoms with Gasteiger partial charge in [0.2, 0.25) is 5.88 Å². The standard InChI is InChI=1S/C12H19N3O3/c1-4-5-13-10-8-12(18-7-6-16-2)15-11(14-10)9-17-3/h4,8H,1,5-7,9H2,2-3H3,(H,13,14,15). The van der Waals surface area contributed by atoms with Crippen LogP contribution in [0.2, 0.25) is 0 Å². The Balaban J connectivity index is 2.73. The van der Waals surface area contributed by atoms with Gasteiger partial charge in [0.05, 0.1) is 6.61 Å². The van der Waals surface area contributed by atoms with Gasteiger partial charge >= 0.3 is 0 Å². The molecule has 0 spiro atoms. The predicted molar refractivity (Wildman–Crippen MR) is 68.8 cm³/mol. The Morgan fingerprint density at radius 3 is 2.78 bits per heavy atom. The fraction of sp³-hybridized carbons (Fsp3) is 0.500. The molecule has 1 aromatic heterocycles. The molecule has 0 bridgehead atoms. The van der Waals surface area contributed by atoms with E-state index in [-0.39, 0.29) is 0 Å². The Labute approximate surface area is 107 Å². The van der Waals surface area contributed by atoms with Crippen molar-refractivity contribution in [1.82, 2.24) is 9.97 Å². The van der Waals surface area contributed by atoms with Crippen LogP contribution in [0.15, 0.2) is 18.7 Å². The van der Waals surface area contributed by atoms with Gasteiger partial charge in [-0.3, -0.25) is 0 Å². The molecule has 0 fully saturated rings. The van der Waals surface area contributed by atoms with Gasteiger partial charge in [0, 0.05) is 26.8 Å². The van der Waals surface area contributed by atoms with Crippen molar-refractivity contribution >= 4 is 5.82 Å². The van der Waals surface area contributed by atoms with Crippen LogP contribution < -0.4 is 10.1 Å². The molecule has 18 heavy (non-hydrogen) atoms. The van der Waals surface area contributed by atoms with Crippen LogP contribution in [-0.4, -0.2) is 43.9 Å². The molecule has 6 heteroatoms. The zero-order valence-electron chi connectivity index (χ0n) is 10.8. The summed E-state index contributed by atoms with van der Waals surface area (Å²) < 4.78 is 15.4. The first-order valence-electron chi connectivity index (χ1n) is 5.63. The van der Waals surface area contributed by atoms with E-state index in [2.05, 4.69) is 21.9 Å². The van der Waals surface area contributed by atoms with Crippen molar-refractivity contribution in [1.29, 1.82) is 0 Å². The van der Waals surface area contributed by atoms with Crippen LogP contribution in [0.4, 0.5) is 5.82 Å². The minimum Gasteiger partial charge on any atom is -0.475 e. The SMILES string of the molecule is C=CCNc1cc(OCCOC)nc(COC)n1. The van der Waals surface area contributed by atoms with Crippen LogP contribution in [-0.2, 0) is 16.1 Å². The first kappa shape index (κ1) is 14.4. The maximum Gasteiger partial charge on any atom is 0.218 e. The first-order valence-corrected chi connectivity index (χ1v) is 5.63. The zero-order chi connectivity index (χ0) is 13.2. The van der Waals surface area contributed by atoms with E-state index >= 15 is 0 Å². The van der Waals surface area contributed by atoms with Gasteiger partial charge in [-0.05, 0) is 0 Å². The van der Waals surface area contributed by atoms with Gasteiger partial charge in [-0.1, -0.05) is 6.08 Å². The molecule has 0 aliphatic heterocycles. The lowest BCUT2D eigenvalue weighted by molar-refractivity contribution is 0.142. The minimum absolute atomic E-state index is 0.338. The van der Waals surface area contributed by atoms with Crippen LogP contribution in [0.1, 0.15) is 5.82 Å². The average molecular weight is 253 g/mol. The second kappa shape index (κ2) is 8.43. The fourth-order valence-electron chi connectivity index (χ4n) is 1.24. The number of anilines is 1. The lowest BCUT2D eigenvalue weighted by Crippen LogP contribution is -2.09. The Morgan fingerprint density at radius 1 is 1.28 bits per heavy atom. The Hall–Kier alpha value is -1.66. The Kier molecular flexibility index (Phi) is 6.75. The number of aromatic nitrogens is 2. The largest absolute Gasteiger partial charge is 0.475 e. The molecule has 0 unspecified atom stereocenters. The van der Waals surface area contributed by atoms with Gasteiger partial charge in [0.1, 0.15) is 19.0 Å². The molecule has 0 saturated carbocycles. The molecular weight excluding hydrogens is 234 g/mol. The average Bonchev–Trinajstić information content (AvgIpc) is 2.37. The van der Waals surface area contributed by atoms with Crippen molar-refractivity contribution in [3.05, 3.63) is 24.5 Å². The summed E-state index contributed by atoms with van der Waals surface area (Å²) in [6, 6.07) is 1.73. The van der Waals surface area contributed by atoms with Crippen LogP contribution >= 0.6 is 0 Å². The molecular formula is C12H19N3O3. The number of methoxy groups -OCH3 is 2. The first-order chi connectivity index (χ1) is 8.80. The van der Waals surface area contributed by atoms with E-state index in [1.165, 1.54) is 0 Å². The molecule has 0 atom stereocenters. The van der Waals surface area contributed by atoms with E-state index in [0.29, 0.717) is 43.9 Å². The molecule has 1 N–H and O–H groups in total. The number of ether oxygens (including phenoxy) is 3. The summed E-state index contributed by atoms with van der Waals surface area (Å²) in [5.74, 6) is 1.75. The molecule has 1 heterocycles. The van der Waals surface area contributed by atoms with Crippen LogP contribution in [0, 0.1) is 0 Å². The van der Waals surface area contributed by atoms with Crippen molar-refractivity contribution in [2.45, 2.75) is 6.61 Å². The summed E-state index contributed by atoms with van der Waals surface area (Å²) >= 11 is 0. The van der Waals surface area contributed by atoms with Gasteiger partial charge in [-0.25, -0.2) is 4.98 Å². The van der Waals surface area contributed by atoms with E-state index in [9.17, 15) is 0 Å². The van der Waals surface area contributed by atoms with Gasteiger partial charge in [0.15, 0.2) is 5.82 Å². The van der Waals surface area contributed by atoms with E-state index in [1.54, 1.807) is 26.4 Å². The molecule has 0 saturated heterocycles. The van der Waals surface area contributed by atoms with Gasteiger partial charge in [0.25, 0.3) is 0 Å². The molecule has 1 rings (SSSR count). The molecule has 100 valence electrons. The highest BCUT2D eigenvalue weighted by atomic mass is 16.5. The lowest BCUT2D eigenvalue weighted by Gasteiger charge is -2.09. The van der Waals surface area contributed by atoms with Crippen molar-refractivity contribution < 1.29 is 14.2 Å². The Morgan fingerprint density at radius 2 is 2.11 bits per heavy atom. The molecule has 0 amide bonds. The molecule has 0 radical (unpaired) electrons. The lowest BCUT2D eigenvalue weighted by atomic mass is 10.5. The zero-order valence-corrected chi connectivity index (χ0v) is 10.8. The van der Waals surface area contributed by atoms with E-state index in [1.807, 2.05) is 0 Å². The third-order valence-electron chi connectivity index (χ3n) is 1.99. The summed E-state index contributed by atoms with van der Waals surface area (Å²) in [7, 11) is 3.22. The Bertz CT molecular complexity index is 372. The van der Waals surface area contributed by atoms with Gasteiger partial charge in [-0.15, -0.1) is 6.58 Å². The number of hydrogen-bond donors (Lipinski definition) is 1. The topological polar surface area (TPSA) is 65.5 Å². The number of nitrogens with zero attached hydrogens (tertiary/aromatic N) is 2. The highest BCUT2D eigenvalue weighted by molar-refractivity contribution is 5.38. The van der Waals surface area contributed by atoms with Crippen molar-refractivity contribution in [3.8, 4) is 5.88 Å². The van der Waals surface area contributed by atoms with Crippen molar-refractivity contribution in [2.75, 3.05) is 39.3 Å². The minimum atomic E-state index is 0.338. The van der Waals surface area contributed by atoms with Crippen LogP contribution in [0.25, 0.3) is 0 Å². The van der Waals surface area contributed by atoms with Crippen molar-refractivity contribution in [3.63, 3.8) is 0 Å². The smallest absolute Gasteiger partial charge is 0.218 e. The quantitative estimate of drug-likeness (QED) is 0.527. The summed E-state index contributed by atoms with van der Waals surface area (Å²) in [4.78, 5) is 8.51. The predicted octanol–water partition coefficient (Wildman–Crippen LogP) is 1.25. The highest BCUT2D eigenvalue weighted by Gasteiger charge is 2.05. The normalized spacial score (nSPS) is 10.1. The molecule has 1 aromatic rings. The molecule has 0 aliphatic rings. The van der Waals surface area contributed by atoms with Gasteiger partial charge in [-0.2, -0.15) is 4.98 Å². The number of nitrogens with one attached hydrogen (secondary N) is 1. The number of rotatable bonds is 9. The van der Waals surface area contributed by atoms with E-state index < -0.39 is 0 Å².